The van der Waals surface area contributed by atoms with Crippen LogP contribution in [0.25, 0.3) is 0 Å². The summed E-state index contributed by atoms with van der Waals surface area (Å²) in [6.45, 7) is 12.7. The van der Waals surface area contributed by atoms with Crippen LogP contribution < -0.4 is 0 Å². The number of rotatable bonds is 11. The Hall–Kier alpha value is -1.63. The van der Waals surface area contributed by atoms with Gasteiger partial charge in [0.2, 0.25) is 6.29 Å². The first-order valence-electron chi connectivity index (χ1n) is 27.4. The van der Waals surface area contributed by atoms with Gasteiger partial charge in [-0.2, -0.15) is 0 Å². The number of hydrogen-bond donors (Lipinski definition) is 14. The van der Waals surface area contributed by atoms with E-state index in [9.17, 15) is 76.3 Å². The standard InChI is InChI=1S/C53H86O23/c1-21-14-31(73-47-43(75-45-40(66)37(63)34(60)28(18-55)71-45)42(26(57)20-69-47)74-44-39(65)36(62)33(59)27(17-54)70-44)50(4,5)23-10-11-51(6)24(32(21)23)9-8-22-25-15-49(2,3)12-13-53(25,30(58)16-52(22,51)7)48(68)76-46-41(67)38(64)35(61)29(19-56)72-46/h8,21,23-47,54-67H,9-20H2,1-7H3/t21?,23?,24?,25?,26-,27+,28+,29+,30+,31-,32?,33+,34+,35+,36-,37-,38-,39+,40+,41+,42-,43+,44-,45-,46-,47-,51+,52+,53+/m0/s1. The molecular formula is C53H86O23. The van der Waals surface area contributed by atoms with Crippen LogP contribution in [0.5, 0.6) is 0 Å². The number of hydrogen-bond acceptors (Lipinski definition) is 23. The highest BCUT2D eigenvalue weighted by Crippen LogP contribution is 2.74. The Morgan fingerprint density at radius 2 is 1.14 bits per heavy atom. The van der Waals surface area contributed by atoms with E-state index >= 15 is 0 Å². The minimum absolute atomic E-state index is 0.0288. The van der Waals surface area contributed by atoms with Crippen LogP contribution in [0.4, 0.5) is 0 Å². The van der Waals surface area contributed by atoms with Gasteiger partial charge in [0.1, 0.15) is 97.0 Å². The van der Waals surface area contributed by atoms with Crippen molar-refractivity contribution in [2.75, 3.05) is 26.4 Å². The molecule has 29 atom stereocenters. The third-order valence-corrected chi connectivity index (χ3v) is 20.8. The van der Waals surface area contributed by atoms with Crippen LogP contribution in [0.1, 0.15) is 99.8 Å². The summed E-state index contributed by atoms with van der Waals surface area (Å²) in [6, 6.07) is 0. The lowest BCUT2D eigenvalue weighted by atomic mass is 9.35. The zero-order valence-corrected chi connectivity index (χ0v) is 44.5. The highest BCUT2D eigenvalue weighted by Gasteiger charge is 2.71. The van der Waals surface area contributed by atoms with Crippen LogP contribution >= 0.6 is 0 Å². The van der Waals surface area contributed by atoms with Gasteiger partial charge in [0.05, 0.1) is 38.6 Å². The molecule has 0 spiro atoms. The average Bonchev–Trinajstić information content (AvgIpc) is 3.39. The average molecular weight is 1090 g/mol. The molecule has 8 fully saturated rings. The molecule has 0 amide bonds. The maximum atomic E-state index is 14.8. The van der Waals surface area contributed by atoms with Gasteiger partial charge in [0.15, 0.2) is 18.9 Å². The Balaban J connectivity index is 0.987. The molecule has 14 N–H and O–H groups in total. The molecule has 4 saturated carbocycles. The van der Waals surface area contributed by atoms with Crippen LogP contribution in [0.3, 0.4) is 0 Å². The molecule has 0 bridgehead atoms. The van der Waals surface area contributed by atoms with Gasteiger partial charge in [-0.3, -0.25) is 4.79 Å². The highest BCUT2D eigenvalue weighted by molar-refractivity contribution is 5.80. The molecule has 0 aromatic heterocycles. The largest absolute Gasteiger partial charge is 0.432 e. The number of carbonyl (C=O) groups is 1. The number of allylic oxidation sites excluding steroid dienone is 2. The lowest BCUT2D eigenvalue weighted by Crippen LogP contribution is -2.67. The number of carbonyl (C=O) groups excluding carboxylic acids is 1. The second-order valence-electron chi connectivity index (χ2n) is 25.8. The summed E-state index contributed by atoms with van der Waals surface area (Å²) in [5.41, 5.74) is -2.05. The Kier molecular flexibility index (Phi) is 16.8. The van der Waals surface area contributed by atoms with Crippen molar-refractivity contribution < 1.29 is 114 Å². The van der Waals surface area contributed by atoms with Crippen LogP contribution in [0.15, 0.2) is 11.6 Å². The van der Waals surface area contributed by atoms with Crippen LogP contribution in [0.2, 0.25) is 0 Å². The van der Waals surface area contributed by atoms with Crippen molar-refractivity contribution in [2.24, 2.45) is 56.7 Å². The molecule has 5 unspecified atom stereocenters. The van der Waals surface area contributed by atoms with Gasteiger partial charge >= 0.3 is 5.97 Å². The van der Waals surface area contributed by atoms with Crippen LogP contribution in [0, 0.1) is 56.7 Å². The van der Waals surface area contributed by atoms with E-state index in [2.05, 4.69) is 54.5 Å². The lowest BCUT2D eigenvalue weighted by molar-refractivity contribution is -0.389. The van der Waals surface area contributed by atoms with Gasteiger partial charge in [-0.25, -0.2) is 0 Å². The van der Waals surface area contributed by atoms with Crippen LogP contribution in [-0.4, -0.2) is 233 Å². The minimum atomic E-state index is -1.89. The minimum Gasteiger partial charge on any atom is -0.432 e. The number of aliphatic hydroxyl groups is 14. The molecular weight excluding hydrogens is 1000 g/mol. The summed E-state index contributed by atoms with van der Waals surface area (Å²) >= 11 is 0. The molecule has 5 aliphatic carbocycles. The van der Waals surface area contributed by atoms with Crippen molar-refractivity contribution in [3.63, 3.8) is 0 Å². The molecule has 23 nitrogen and oxygen atoms in total. The molecule has 436 valence electrons. The molecule has 0 aromatic rings. The second kappa shape index (κ2) is 21.6. The zero-order valence-electron chi connectivity index (χ0n) is 44.5. The number of fused-ring (bicyclic) bond motifs is 7. The van der Waals surface area contributed by atoms with Crippen molar-refractivity contribution in [1.82, 2.24) is 0 Å². The molecule has 0 aromatic carbocycles. The summed E-state index contributed by atoms with van der Waals surface area (Å²) in [4.78, 5) is 14.8. The zero-order chi connectivity index (χ0) is 55.5. The van der Waals surface area contributed by atoms with Crippen molar-refractivity contribution in [3.8, 4) is 0 Å². The maximum absolute atomic E-state index is 14.8. The van der Waals surface area contributed by atoms with Gasteiger partial charge < -0.3 is 109 Å². The van der Waals surface area contributed by atoms with Gasteiger partial charge in [-0.05, 0) is 103 Å². The fraction of sp³-hybridized carbons (Fsp3) is 0.943. The molecule has 4 heterocycles. The number of ether oxygens (including phenoxy) is 8. The summed E-state index contributed by atoms with van der Waals surface area (Å²) in [6.07, 6.45) is -26.4. The van der Waals surface area contributed by atoms with E-state index in [1.54, 1.807) is 0 Å². The first-order chi connectivity index (χ1) is 35.6. The molecule has 0 radical (unpaired) electrons. The topological polar surface area (TPSA) is 374 Å². The monoisotopic (exact) mass is 1090 g/mol. The Labute approximate surface area is 442 Å². The smallest absolute Gasteiger partial charge is 0.317 e. The maximum Gasteiger partial charge on any atom is 0.317 e. The fourth-order valence-corrected chi connectivity index (χ4v) is 15.9. The van der Waals surface area contributed by atoms with Gasteiger partial charge in [0, 0.05) is 0 Å². The van der Waals surface area contributed by atoms with E-state index in [4.69, 9.17) is 37.9 Å². The van der Waals surface area contributed by atoms with E-state index in [-0.39, 0.29) is 40.9 Å². The Morgan fingerprint density at radius 3 is 1.70 bits per heavy atom. The Morgan fingerprint density at radius 1 is 0.618 bits per heavy atom. The van der Waals surface area contributed by atoms with Gasteiger partial charge in [0.25, 0.3) is 0 Å². The molecule has 4 aliphatic heterocycles. The second-order valence-corrected chi connectivity index (χ2v) is 25.8. The summed E-state index contributed by atoms with van der Waals surface area (Å²) < 4.78 is 48.6. The predicted molar refractivity (Wildman–Crippen MR) is 258 cm³/mol. The number of aliphatic hydroxyl groups excluding tert-OH is 14. The quantitative estimate of drug-likeness (QED) is 0.0574. The van der Waals surface area contributed by atoms with E-state index in [0.29, 0.717) is 32.1 Å². The van der Waals surface area contributed by atoms with Gasteiger partial charge in [-0.15, -0.1) is 0 Å². The van der Waals surface area contributed by atoms with Crippen molar-refractivity contribution in [3.05, 3.63) is 11.6 Å². The van der Waals surface area contributed by atoms with Crippen molar-refractivity contribution in [2.45, 2.75) is 229 Å². The van der Waals surface area contributed by atoms with Crippen molar-refractivity contribution in [1.29, 1.82) is 0 Å². The van der Waals surface area contributed by atoms with Crippen LogP contribution in [-0.2, 0) is 42.7 Å². The van der Waals surface area contributed by atoms with E-state index in [1.165, 1.54) is 0 Å². The van der Waals surface area contributed by atoms with Crippen molar-refractivity contribution >= 4 is 5.97 Å². The summed E-state index contributed by atoms with van der Waals surface area (Å²) in [7, 11) is 0. The molecule has 23 heteroatoms. The molecule has 76 heavy (non-hydrogen) atoms. The van der Waals surface area contributed by atoms with Gasteiger partial charge in [-0.1, -0.05) is 60.1 Å². The number of esters is 1. The molecule has 4 saturated heterocycles. The van der Waals surface area contributed by atoms with E-state index in [0.717, 1.165) is 18.4 Å². The first-order valence-corrected chi connectivity index (χ1v) is 27.4. The third kappa shape index (κ3) is 9.56. The summed E-state index contributed by atoms with van der Waals surface area (Å²) in [5, 5.41) is 150. The normalized spacial score (nSPS) is 54.0. The lowest BCUT2D eigenvalue weighted by Gasteiger charge is -2.70. The first kappa shape index (κ1) is 59.0. The summed E-state index contributed by atoms with van der Waals surface area (Å²) in [5.74, 6) is -0.859. The van der Waals surface area contributed by atoms with E-state index in [1.807, 2.05) is 0 Å². The van der Waals surface area contributed by atoms with E-state index < -0.39 is 183 Å². The fourth-order valence-electron chi connectivity index (χ4n) is 15.9. The molecule has 9 aliphatic rings. The Bertz CT molecular complexity index is 2070. The third-order valence-electron chi connectivity index (χ3n) is 20.8. The SMILES string of the molecule is CC1C[C@H](O[C@@H]2OC[C@H](O)[C@H](O[C@@H]3O[C@H](CO)[C@@H](O)[C@H](O)[C@H]3O)[C@H]2O[C@@H]2O[C@H](CO)[C@@H](O)[C@H](O)[C@H]2O)C(C)(C)C2CC[C@]3(C)C(CC=C4C5CC(C)(C)CC[C@]5(C(=O)O[C@@H]5O[C@H](CO)[C@@H](O)[C@H](O)[C@H]5O)[C@H](O)C[C@]43C)C12. The highest BCUT2D eigenvalue weighted by atomic mass is 16.8. The molecule has 9 rings (SSSR count). The predicted octanol–water partition coefficient (Wildman–Crippen LogP) is -2.57.